The van der Waals surface area contributed by atoms with E-state index in [4.69, 9.17) is 0 Å². The average molecular weight is 232 g/mol. The van der Waals surface area contributed by atoms with Crippen LogP contribution in [0.4, 0.5) is 4.79 Å². The first-order valence-corrected chi connectivity index (χ1v) is 6.27. The van der Waals surface area contributed by atoms with Crippen molar-refractivity contribution in [2.75, 3.05) is 0 Å². The van der Waals surface area contributed by atoms with Crippen LogP contribution in [0.5, 0.6) is 0 Å². The minimum Gasteiger partial charge on any atom is -0.336 e. The largest absolute Gasteiger partial charge is 0.336 e. The van der Waals surface area contributed by atoms with E-state index >= 15 is 0 Å². The molecule has 2 amide bonds. The molecule has 2 rings (SSSR count). The van der Waals surface area contributed by atoms with E-state index in [0.29, 0.717) is 0 Å². The van der Waals surface area contributed by atoms with Gasteiger partial charge in [0.1, 0.15) is 0 Å². The summed E-state index contributed by atoms with van der Waals surface area (Å²) in [5, 5.41) is 6.01. The van der Waals surface area contributed by atoms with Gasteiger partial charge >= 0.3 is 6.03 Å². The van der Waals surface area contributed by atoms with Crippen LogP contribution >= 0.6 is 0 Å². The van der Waals surface area contributed by atoms with Gasteiger partial charge in [-0.3, -0.25) is 0 Å². The first-order valence-electron chi connectivity index (χ1n) is 6.27. The van der Waals surface area contributed by atoms with Crippen molar-refractivity contribution in [2.45, 2.75) is 44.7 Å². The monoisotopic (exact) mass is 232 g/mol. The Labute approximate surface area is 103 Å². The molecule has 2 N–H and O–H groups in total. The third kappa shape index (κ3) is 2.60. The number of hydrogen-bond acceptors (Lipinski definition) is 1. The zero-order chi connectivity index (χ0) is 12.3. The third-order valence-electron chi connectivity index (χ3n) is 3.31. The number of carbonyl (C=O) groups excluding carboxylic acids is 1. The van der Waals surface area contributed by atoms with Gasteiger partial charge in [-0.15, -0.1) is 0 Å². The molecule has 3 nitrogen and oxygen atoms in total. The lowest BCUT2D eigenvalue weighted by Gasteiger charge is -2.43. The fourth-order valence-electron chi connectivity index (χ4n) is 2.29. The zero-order valence-corrected chi connectivity index (χ0v) is 10.5. The van der Waals surface area contributed by atoms with Crippen LogP contribution < -0.4 is 10.6 Å². The summed E-state index contributed by atoms with van der Waals surface area (Å²) in [4.78, 5) is 11.8. The van der Waals surface area contributed by atoms with E-state index in [-0.39, 0.29) is 17.6 Å². The smallest absolute Gasteiger partial charge is 0.315 e. The highest BCUT2D eigenvalue weighted by molar-refractivity contribution is 5.75. The molecule has 0 unspecified atom stereocenters. The Hall–Kier alpha value is -1.51. The number of nitrogens with one attached hydrogen (secondary N) is 2. The molecule has 1 saturated carbocycles. The molecule has 0 heterocycles. The maximum atomic E-state index is 11.8. The molecule has 0 saturated heterocycles. The van der Waals surface area contributed by atoms with Gasteiger partial charge < -0.3 is 10.6 Å². The number of rotatable bonds is 3. The Bertz CT molecular complexity index is 382. The minimum absolute atomic E-state index is 0.0662. The van der Waals surface area contributed by atoms with Crippen molar-refractivity contribution in [3.63, 3.8) is 0 Å². The van der Waals surface area contributed by atoms with Gasteiger partial charge in [-0.2, -0.15) is 0 Å². The van der Waals surface area contributed by atoms with E-state index in [2.05, 4.69) is 22.8 Å². The standard InChI is InChI=1S/C14H20N2O/c1-11(2)15-13(17)16-14(9-6-10-14)12-7-4-3-5-8-12/h3-5,7-8,11H,6,9-10H2,1-2H3,(H2,15,16,17). The second-order valence-electron chi connectivity index (χ2n) is 5.05. The molecule has 1 fully saturated rings. The molecule has 92 valence electrons. The quantitative estimate of drug-likeness (QED) is 0.826. The van der Waals surface area contributed by atoms with Crippen LogP contribution in [0.15, 0.2) is 30.3 Å². The van der Waals surface area contributed by atoms with Crippen molar-refractivity contribution in [3.05, 3.63) is 35.9 Å². The summed E-state index contributed by atoms with van der Waals surface area (Å²) in [5.41, 5.74) is 1.07. The number of urea groups is 1. The van der Waals surface area contributed by atoms with Crippen molar-refractivity contribution in [1.29, 1.82) is 0 Å². The van der Waals surface area contributed by atoms with Crippen LogP contribution in [-0.4, -0.2) is 12.1 Å². The molecule has 0 bridgehead atoms. The Balaban J connectivity index is 2.08. The van der Waals surface area contributed by atoms with Crippen LogP contribution in [0.25, 0.3) is 0 Å². The summed E-state index contributed by atoms with van der Waals surface area (Å²) >= 11 is 0. The summed E-state index contributed by atoms with van der Waals surface area (Å²) in [6, 6.07) is 10.3. The molecular weight excluding hydrogens is 212 g/mol. The Kier molecular flexibility index (Phi) is 3.36. The summed E-state index contributed by atoms with van der Waals surface area (Å²) in [6.45, 7) is 3.94. The number of carbonyl (C=O) groups is 1. The van der Waals surface area contributed by atoms with Crippen molar-refractivity contribution in [3.8, 4) is 0 Å². The highest BCUT2D eigenvalue weighted by Gasteiger charge is 2.39. The number of amides is 2. The fraction of sp³-hybridized carbons (Fsp3) is 0.500. The SMILES string of the molecule is CC(C)NC(=O)NC1(c2ccccc2)CCC1. The molecule has 0 atom stereocenters. The van der Waals surface area contributed by atoms with Crippen molar-refractivity contribution in [1.82, 2.24) is 10.6 Å². The van der Waals surface area contributed by atoms with Crippen LogP contribution in [-0.2, 0) is 5.54 Å². The summed E-state index contributed by atoms with van der Waals surface area (Å²) in [5.74, 6) is 0. The summed E-state index contributed by atoms with van der Waals surface area (Å²) in [7, 11) is 0. The van der Waals surface area contributed by atoms with E-state index in [1.54, 1.807) is 0 Å². The van der Waals surface area contributed by atoms with Gasteiger partial charge in [-0.25, -0.2) is 4.79 Å². The zero-order valence-electron chi connectivity index (χ0n) is 10.5. The second kappa shape index (κ2) is 4.78. The number of hydrogen-bond donors (Lipinski definition) is 2. The lowest BCUT2D eigenvalue weighted by atomic mass is 9.72. The molecule has 1 aromatic rings. The van der Waals surface area contributed by atoms with E-state index < -0.39 is 0 Å². The van der Waals surface area contributed by atoms with Gasteiger partial charge in [0.05, 0.1) is 5.54 Å². The lowest BCUT2D eigenvalue weighted by Crippen LogP contribution is -2.54. The third-order valence-corrected chi connectivity index (χ3v) is 3.31. The van der Waals surface area contributed by atoms with E-state index in [9.17, 15) is 4.79 Å². The summed E-state index contributed by atoms with van der Waals surface area (Å²) in [6.07, 6.45) is 3.24. The molecule has 1 aliphatic rings. The van der Waals surface area contributed by atoms with E-state index in [1.165, 1.54) is 12.0 Å². The molecule has 3 heteroatoms. The first kappa shape index (κ1) is 12.0. The molecule has 0 spiro atoms. The first-order chi connectivity index (χ1) is 8.12. The molecule has 0 aromatic heterocycles. The lowest BCUT2D eigenvalue weighted by molar-refractivity contribution is 0.176. The maximum Gasteiger partial charge on any atom is 0.315 e. The molecule has 0 radical (unpaired) electrons. The Morgan fingerprint density at radius 2 is 1.88 bits per heavy atom. The van der Waals surface area contributed by atoms with Crippen LogP contribution in [0, 0.1) is 0 Å². The fourth-order valence-corrected chi connectivity index (χ4v) is 2.29. The molecule has 17 heavy (non-hydrogen) atoms. The predicted molar refractivity (Wildman–Crippen MR) is 68.8 cm³/mol. The maximum absolute atomic E-state index is 11.8. The van der Waals surface area contributed by atoms with Crippen LogP contribution in [0.2, 0.25) is 0 Å². The van der Waals surface area contributed by atoms with Crippen molar-refractivity contribution in [2.24, 2.45) is 0 Å². The molecular formula is C14H20N2O. The van der Waals surface area contributed by atoms with E-state index in [1.807, 2.05) is 32.0 Å². The predicted octanol–water partition coefficient (Wildman–Crippen LogP) is 2.77. The van der Waals surface area contributed by atoms with Crippen molar-refractivity contribution >= 4 is 6.03 Å². The van der Waals surface area contributed by atoms with Gasteiger partial charge in [0.2, 0.25) is 0 Å². The molecule has 0 aliphatic heterocycles. The van der Waals surface area contributed by atoms with Gasteiger partial charge in [-0.05, 0) is 38.7 Å². The van der Waals surface area contributed by atoms with Gasteiger partial charge in [0.15, 0.2) is 0 Å². The van der Waals surface area contributed by atoms with Crippen molar-refractivity contribution < 1.29 is 4.79 Å². The van der Waals surface area contributed by atoms with E-state index in [0.717, 1.165) is 12.8 Å². The minimum atomic E-state index is -0.139. The molecule has 1 aromatic carbocycles. The van der Waals surface area contributed by atoms with Crippen LogP contribution in [0.3, 0.4) is 0 Å². The number of benzene rings is 1. The van der Waals surface area contributed by atoms with Gasteiger partial charge in [0, 0.05) is 6.04 Å². The van der Waals surface area contributed by atoms with Gasteiger partial charge in [0.25, 0.3) is 0 Å². The average Bonchev–Trinajstić information content (AvgIpc) is 2.24. The van der Waals surface area contributed by atoms with Gasteiger partial charge in [-0.1, -0.05) is 30.3 Å². The Morgan fingerprint density at radius 3 is 2.35 bits per heavy atom. The normalized spacial score (nSPS) is 17.4. The Morgan fingerprint density at radius 1 is 1.24 bits per heavy atom. The topological polar surface area (TPSA) is 41.1 Å². The second-order valence-corrected chi connectivity index (χ2v) is 5.05. The highest BCUT2D eigenvalue weighted by Crippen LogP contribution is 2.40. The summed E-state index contributed by atoms with van der Waals surface area (Å²) < 4.78 is 0. The highest BCUT2D eigenvalue weighted by atomic mass is 16.2. The van der Waals surface area contributed by atoms with Crippen LogP contribution in [0.1, 0.15) is 38.7 Å². The molecule has 1 aliphatic carbocycles.